The molecule has 1 aromatic rings. The maximum Gasteiger partial charge on any atom is 0.340 e. The van der Waals surface area contributed by atoms with E-state index in [1.165, 1.54) is 19.2 Å². The molecule has 92 valence electrons. The van der Waals surface area contributed by atoms with E-state index in [1.807, 2.05) is 6.92 Å². The van der Waals surface area contributed by atoms with Crippen molar-refractivity contribution in [2.45, 2.75) is 19.8 Å². The lowest BCUT2D eigenvalue weighted by Gasteiger charge is -2.09. The van der Waals surface area contributed by atoms with Gasteiger partial charge in [0, 0.05) is 6.42 Å². The number of ether oxygens (including phenoxy) is 1. The van der Waals surface area contributed by atoms with Crippen LogP contribution in [0, 0.1) is 5.82 Å². The number of hydrogen-bond acceptors (Lipinski definition) is 3. The van der Waals surface area contributed by atoms with Gasteiger partial charge < -0.3 is 10.1 Å². The number of methoxy groups -OCH3 is 1. The fourth-order valence-electron chi connectivity index (χ4n) is 1.34. The van der Waals surface area contributed by atoms with Crippen LogP contribution < -0.4 is 5.32 Å². The van der Waals surface area contributed by atoms with Gasteiger partial charge >= 0.3 is 5.97 Å². The predicted molar refractivity (Wildman–Crippen MR) is 61.3 cm³/mol. The third kappa shape index (κ3) is 3.55. The minimum absolute atomic E-state index is 0.0111. The summed E-state index contributed by atoms with van der Waals surface area (Å²) in [6.45, 7) is 1.87. The highest BCUT2D eigenvalue weighted by Crippen LogP contribution is 2.18. The van der Waals surface area contributed by atoms with E-state index in [-0.39, 0.29) is 17.2 Å². The second kappa shape index (κ2) is 5.98. The van der Waals surface area contributed by atoms with Crippen molar-refractivity contribution in [2.24, 2.45) is 0 Å². The van der Waals surface area contributed by atoms with Gasteiger partial charge in [0.1, 0.15) is 5.82 Å². The third-order valence-corrected chi connectivity index (χ3v) is 2.14. The van der Waals surface area contributed by atoms with Gasteiger partial charge in [-0.15, -0.1) is 0 Å². The summed E-state index contributed by atoms with van der Waals surface area (Å²) in [4.78, 5) is 22.8. The number of amides is 1. The van der Waals surface area contributed by atoms with Crippen molar-refractivity contribution in [3.8, 4) is 0 Å². The smallest absolute Gasteiger partial charge is 0.340 e. The van der Waals surface area contributed by atoms with E-state index in [9.17, 15) is 14.0 Å². The van der Waals surface area contributed by atoms with Crippen LogP contribution in [-0.4, -0.2) is 19.0 Å². The summed E-state index contributed by atoms with van der Waals surface area (Å²) in [7, 11) is 1.20. The number of carbonyl (C=O) groups is 2. The Morgan fingerprint density at radius 1 is 1.41 bits per heavy atom. The molecule has 0 bridgehead atoms. The Morgan fingerprint density at radius 3 is 2.71 bits per heavy atom. The maximum absolute atomic E-state index is 13.0. The number of carbonyl (C=O) groups excluding carboxylic acids is 2. The van der Waals surface area contributed by atoms with E-state index >= 15 is 0 Å². The number of halogens is 1. The summed E-state index contributed by atoms with van der Waals surface area (Å²) < 4.78 is 17.5. The van der Waals surface area contributed by atoms with Gasteiger partial charge in [-0.25, -0.2) is 9.18 Å². The highest BCUT2D eigenvalue weighted by Gasteiger charge is 2.14. The fourth-order valence-corrected chi connectivity index (χ4v) is 1.34. The molecule has 0 aliphatic heterocycles. The number of hydrogen-bond donors (Lipinski definition) is 1. The van der Waals surface area contributed by atoms with E-state index in [0.717, 1.165) is 6.07 Å². The SMILES string of the molecule is CCCC(=O)Nc1ccc(F)cc1C(=O)OC. The molecule has 0 fully saturated rings. The molecule has 0 saturated carbocycles. The van der Waals surface area contributed by atoms with Crippen LogP contribution in [0.15, 0.2) is 18.2 Å². The van der Waals surface area contributed by atoms with Crippen LogP contribution in [0.25, 0.3) is 0 Å². The monoisotopic (exact) mass is 239 g/mol. The van der Waals surface area contributed by atoms with Crippen LogP contribution in [0.5, 0.6) is 0 Å². The fraction of sp³-hybridized carbons (Fsp3) is 0.333. The average Bonchev–Trinajstić information content (AvgIpc) is 2.30. The second-order valence-corrected chi connectivity index (χ2v) is 3.48. The molecule has 17 heavy (non-hydrogen) atoms. The quantitative estimate of drug-likeness (QED) is 0.820. The minimum Gasteiger partial charge on any atom is -0.465 e. The number of rotatable bonds is 4. The first-order valence-corrected chi connectivity index (χ1v) is 5.26. The Labute approximate surface area is 98.8 Å². The average molecular weight is 239 g/mol. The first kappa shape index (κ1) is 13.2. The van der Waals surface area contributed by atoms with Gasteiger partial charge in [0.15, 0.2) is 0 Å². The standard InChI is InChI=1S/C12H14FNO3/c1-3-4-11(15)14-10-6-5-8(13)7-9(10)12(16)17-2/h5-7H,3-4H2,1-2H3,(H,14,15). The van der Waals surface area contributed by atoms with Crippen LogP contribution >= 0.6 is 0 Å². The van der Waals surface area contributed by atoms with Gasteiger partial charge in [-0.05, 0) is 24.6 Å². The number of nitrogens with one attached hydrogen (secondary N) is 1. The first-order chi connectivity index (χ1) is 8.08. The zero-order valence-corrected chi connectivity index (χ0v) is 9.75. The Hall–Kier alpha value is -1.91. The largest absolute Gasteiger partial charge is 0.465 e. The molecular weight excluding hydrogens is 225 g/mol. The van der Waals surface area contributed by atoms with E-state index < -0.39 is 11.8 Å². The van der Waals surface area contributed by atoms with Crippen molar-refractivity contribution in [1.82, 2.24) is 0 Å². The van der Waals surface area contributed by atoms with Gasteiger partial charge in [-0.2, -0.15) is 0 Å². The zero-order valence-electron chi connectivity index (χ0n) is 9.75. The molecule has 0 saturated heterocycles. The van der Waals surface area contributed by atoms with Crippen LogP contribution in [-0.2, 0) is 9.53 Å². The Morgan fingerprint density at radius 2 is 2.12 bits per heavy atom. The molecule has 0 spiro atoms. The van der Waals surface area contributed by atoms with Crippen LogP contribution in [0.1, 0.15) is 30.1 Å². The molecular formula is C12H14FNO3. The third-order valence-electron chi connectivity index (χ3n) is 2.14. The Bertz CT molecular complexity index is 432. The van der Waals surface area contributed by atoms with Gasteiger partial charge in [-0.1, -0.05) is 6.92 Å². The van der Waals surface area contributed by atoms with Crippen LogP contribution in [0.4, 0.5) is 10.1 Å². The predicted octanol–water partition coefficient (Wildman–Crippen LogP) is 2.35. The normalized spacial score (nSPS) is 9.82. The van der Waals surface area contributed by atoms with Gasteiger partial charge in [0.2, 0.25) is 5.91 Å². The summed E-state index contributed by atoms with van der Waals surface area (Å²) in [5.74, 6) is -1.46. The second-order valence-electron chi connectivity index (χ2n) is 3.48. The van der Waals surface area contributed by atoms with E-state index in [1.54, 1.807) is 0 Å². The molecule has 1 aromatic carbocycles. The molecule has 0 aliphatic carbocycles. The van der Waals surface area contributed by atoms with E-state index in [0.29, 0.717) is 12.8 Å². The van der Waals surface area contributed by atoms with Gasteiger partial charge in [0.25, 0.3) is 0 Å². The van der Waals surface area contributed by atoms with Crippen molar-refractivity contribution in [2.75, 3.05) is 12.4 Å². The highest BCUT2D eigenvalue weighted by molar-refractivity contribution is 6.01. The van der Waals surface area contributed by atoms with Crippen molar-refractivity contribution in [3.05, 3.63) is 29.6 Å². The Balaban J connectivity index is 2.98. The van der Waals surface area contributed by atoms with Crippen molar-refractivity contribution in [3.63, 3.8) is 0 Å². The molecule has 4 nitrogen and oxygen atoms in total. The number of benzene rings is 1. The zero-order chi connectivity index (χ0) is 12.8. The van der Waals surface area contributed by atoms with Crippen LogP contribution in [0.2, 0.25) is 0 Å². The maximum atomic E-state index is 13.0. The summed E-state index contributed by atoms with van der Waals surface area (Å²) in [6.07, 6.45) is 1.04. The minimum atomic E-state index is -0.684. The topological polar surface area (TPSA) is 55.4 Å². The van der Waals surface area contributed by atoms with Gasteiger partial charge in [-0.3, -0.25) is 4.79 Å². The van der Waals surface area contributed by atoms with Gasteiger partial charge in [0.05, 0.1) is 18.4 Å². The molecule has 1 N–H and O–H groups in total. The van der Waals surface area contributed by atoms with Crippen molar-refractivity contribution < 1.29 is 18.7 Å². The number of esters is 1. The van der Waals surface area contributed by atoms with E-state index in [4.69, 9.17) is 0 Å². The lowest BCUT2D eigenvalue weighted by atomic mass is 10.1. The molecule has 0 aromatic heterocycles. The lowest BCUT2D eigenvalue weighted by molar-refractivity contribution is -0.116. The lowest BCUT2D eigenvalue weighted by Crippen LogP contribution is -2.14. The molecule has 5 heteroatoms. The molecule has 0 radical (unpaired) electrons. The molecule has 0 heterocycles. The molecule has 0 atom stereocenters. The summed E-state index contributed by atoms with van der Waals surface area (Å²) in [5.41, 5.74) is 0.272. The van der Waals surface area contributed by atoms with Crippen LogP contribution in [0.3, 0.4) is 0 Å². The number of anilines is 1. The summed E-state index contributed by atoms with van der Waals surface area (Å²) >= 11 is 0. The molecule has 1 amide bonds. The van der Waals surface area contributed by atoms with Crippen molar-refractivity contribution >= 4 is 17.6 Å². The van der Waals surface area contributed by atoms with E-state index in [2.05, 4.69) is 10.1 Å². The summed E-state index contributed by atoms with van der Waals surface area (Å²) in [6, 6.07) is 3.55. The highest BCUT2D eigenvalue weighted by atomic mass is 19.1. The molecule has 1 rings (SSSR count). The van der Waals surface area contributed by atoms with Crippen molar-refractivity contribution in [1.29, 1.82) is 0 Å². The molecule has 0 unspecified atom stereocenters. The first-order valence-electron chi connectivity index (χ1n) is 5.26. The summed E-state index contributed by atoms with van der Waals surface area (Å²) in [5, 5.41) is 2.55. The Kier molecular flexibility index (Phi) is 4.63. The molecule has 0 aliphatic rings.